The number of ether oxygens (including phenoxy) is 2. The predicted octanol–water partition coefficient (Wildman–Crippen LogP) is 1.17. The SMILES string of the molecule is CC(=O)Oc1c(C)c(C)c2c(c1C)C(O)C(O)C(C)(C(=O)O)O2. The third kappa shape index (κ3) is 2.46. The second kappa shape index (κ2) is 5.50. The molecule has 3 unspecified atom stereocenters. The highest BCUT2D eigenvalue weighted by atomic mass is 16.6. The summed E-state index contributed by atoms with van der Waals surface area (Å²) >= 11 is 0. The molecule has 3 N–H and O–H groups in total. The van der Waals surface area contributed by atoms with Gasteiger partial charge in [0.2, 0.25) is 5.60 Å². The third-order valence-corrected chi connectivity index (χ3v) is 4.38. The molecular weight excluding hydrogens is 304 g/mol. The highest BCUT2D eigenvalue weighted by Crippen LogP contribution is 2.48. The molecule has 7 heteroatoms. The number of carboxylic acid groups (broad SMARTS) is 1. The minimum Gasteiger partial charge on any atom is -0.478 e. The Morgan fingerprint density at radius 1 is 1.13 bits per heavy atom. The number of aliphatic hydroxyl groups is 2. The molecule has 0 radical (unpaired) electrons. The van der Waals surface area contributed by atoms with Crippen LogP contribution in [0.2, 0.25) is 0 Å². The Bertz CT molecular complexity index is 694. The largest absolute Gasteiger partial charge is 0.478 e. The molecule has 1 aliphatic rings. The molecule has 2 rings (SSSR count). The minimum absolute atomic E-state index is 0.193. The van der Waals surface area contributed by atoms with Gasteiger partial charge in [-0.05, 0) is 38.8 Å². The summed E-state index contributed by atoms with van der Waals surface area (Å²) in [6.07, 6.45) is -3.15. The molecular formula is C16H20O7. The number of benzene rings is 1. The molecule has 0 aromatic heterocycles. The Labute approximate surface area is 133 Å². The van der Waals surface area contributed by atoms with E-state index in [1.54, 1.807) is 20.8 Å². The van der Waals surface area contributed by atoms with Gasteiger partial charge in [0.05, 0.1) is 0 Å². The second-order valence-electron chi connectivity index (χ2n) is 5.94. The van der Waals surface area contributed by atoms with Crippen LogP contribution in [0.1, 0.15) is 42.2 Å². The molecule has 0 saturated heterocycles. The van der Waals surface area contributed by atoms with Crippen molar-refractivity contribution in [1.29, 1.82) is 0 Å². The fourth-order valence-corrected chi connectivity index (χ4v) is 2.80. The van der Waals surface area contributed by atoms with E-state index in [1.165, 1.54) is 13.8 Å². The lowest BCUT2D eigenvalue weighted by atomic mass is 9.83. The highest BCUT2D eigenvalue weighted by Gasteiger charge is 2.52. The van der Waals surface area contributed by atoms with Gasteiger partial charge in [-0.3, -0.25) is 4.79 Å². The van der Waals surface area contributed by atoms with Crippen LogP contribution in [0.15, 0.2) is 0 Å². The molecule has 126 valence electrons. The molecule has 1 aliphatic heterocycles. The van der Waals surface area contributed by atoms with Crippen molar-refractivity contribution in [3.63, 3.8) is 0 Å². The summed E-state index contributed by atoms with van der Waals surface area (Å²) in [4.78, 5) is 22.8. The van der Waals surface area contributed by atoms with Gasteiger partial charge >= 0.3 is 11.9 Å². The van der Waals surface area contributed by atoms with Gasteiger partial charge in [0.15, 0.2) is 0 Å². The van der Waals surface area contributed by atoms with Gasteiger partial charge in [0.1, 0.15) is 23.7 Å². The van der Waals surface area contributed by atoms with E-state index >= 15 is 0 Å². The summed E-state index contributed by atoms with van der Waals surface area (Å²) in [5, 5.41) is 30.0. The summed E-state index contributed by atoms with van der Waals surface area (Å²) in [5.41, 5.74) is -0.167. The van der Waals surface area contributed by atoms with Crippen LogP contribution in [0.25, 0.3) is 0 Å². The van der Waals surface area contributed by atoms with Crippen molar-refractivity contribution in [3.8, 4) is 11.5 Å². The Morgan fingerprint density at radius 2 is 1.70 bits per heavy atom. The van der Waals surface area contributed by atoms with Gasteiger partial charge in [-0.15, -0.1) is 0 Å². The molecule has 0 bridgehead atoms. The second-order valence-corrected chi connectivity index (χ2v) is 5.94. The van der Waals surface area contributed by atoms with Gasteiger partial charge in [-0.2, -0.15) is 0 Å². The Morgan fingerprint density at radius 3 is 2.17 bits per heavy atom. The summed E-state index contributed by atoms with van der Waals surface area (Å²) in [7, 11) is 0. The van der Waals surface area contributed by atoms with E-state index in [0.717, 1.165) is 0 Å². The topological polar surface area (TPSA) is 113 Å². The van der Waals surface area contributed by atoms with Crippen molar-refractivity contribution >= 4 is 11.9 Å². The van der Waals surface area contributed by atoms with Crippen molar-refractivity contribution < 1.29 is 34.4 Å². The van der Waals surface area contributed by atoms with E-state index in [4.69, 9.17) is 9.47 Å². The van der Waals surface area contributed by atoms with Crippen molar-refractivity contribution in [3.05, 3.63) is 22.3 Å². The standard InChI is InChI=1S/C16H20O7/c1-6-7(2)13-10(8(3)12(6)22-9(4)17)11(18)14(19)16(5,23-13)15(20)21/h11,14,18-19H,1-5H3,(H,20,21). The van der Waals surface area contributed by atoms with Crippen LogP contribution < -0.4 is 9.47 Å². The number of rotatable bonds is 2. The Hall–Kier alpha value is -2.12. The van der Waals surface area contributed by atoms with Crippen molar-refractivity contribution in [2.24, 2.45) is 0 Å². The monoisotopic (exact) mass is 324 g/mol. The van der Waals surface area contributed by atoms with Gasteiger partial charge in [0.25, 0.3) is 0 Å². The van der Waals surface area contributed by atoms with E-state index in [2.05, 4.69) is 0 Å². The fraction of sp³-hybridized carbons (Fsp3) is 0.500. The summed E-state index contributed by atoms with van der Waals surface area (Å²) < 4.78 is 10.8. The van der Waals surface area contributed by atoms with Crippen molar-refractivity contribution in [1.82, 2.24) is 0 Å². The van der Waals surface area contributed by atoms with Crippen molar-refractivity contribution in [2.45, 2.75) is 52.4 Å². The number of aliphatic hydroxyl groups excluding tert-OH is 2. The van der Waals surface area contributed by atoms with Crippen LogP contribution in [0.3, 0.4) is 0 Å². The van der Waals surface area contributed by atoms with E-state index < -0.39 is 29.7 Å². The first kappa shape index (κ1) is 17.2. The summed E-state index contributed by atoms with van der Waals surface area (Å²) in [6, 6.07) is 0. The van der Waals surface area contributed by atoms with Gasteiger partial charge in [-0.1, -0.05) is 0 Å². The van der Waals surface area contributed by atoms with Crippen LogP contribution in [0, 0.1) is 20.8 Å². The smallest absolute Gasteiger partial charge is 0.350 e. The van der Waals surface area contributed by atoms with Crippen LogP contribution >= 0.6 is 0 Å². The molecule has 0 amide bonds. The summed E-state index contributed by atoms with van der Waals surface area (Å²) in [6.45, 7) is 7.46. The number of carbonyl (C=O) groups excluding carboxylic acids is 1. The van der Waals surface area contributed by atoms with Crippen molar-refractivity contribution in [2.75, 3.05) is 0 Å². The number of hydrogen-bond acceptors (Lipinski definition) is 6. The van der Waals surface area contributed by atoms with Gasteiger partial charge in [-0.25, -0.2) is 4.79 Å². The molecule has 1 aromatic carbocycles. The highest BCUT2D eigenvalue weighted by molar-refractivity contribution is 5.80. The minimum atomic E-state index is -1.97. The van der Waals surface area contributed by atoms with Gasteiger partial charge < -0.3 is 24.8 Å². The van der Waals surface area contributed by atoms with E-state index in [1.807, 2.05) is 0 Å². The number of carboxylic acids is 1. The zero-order valence-electron chi connectivity index (χ0n) is 13.6. The first-order valence-corrected chi connectivity index (χ1v) is 7.13. The molecule has 3 atom stereocenters. The van der Waals surface area contributed by atoms with E-state index in [-0.39, 0.29) is 17.1 Å². The van der Waals surface area contributed by atoms with Crippen LogP contribution in [0.5, 0.6) is 11.5 Å². The zero-order valence-corrected chi connectivity index (χ0v) is 13.6. The molecule has 7 nitrogen and oxygen atoms in total. The van der Waals surface area contributed by atoms with Crippen LogP contribution in [0.4, 0.5) is 0 Å². The predicted molar refractivity (Wildman–Crippen MR) is 79.6 cm³/mol. The lowest BCUT2D eigenvalue weighted by molar-refractivity contribution is -0.178. The maximum Gasteiger partial charge on any atom is 0.350 e. The molecule has 0 spiro atoms. The first-order valence-electron chi connectivity index (χ1n) is 7.13. The quantitative estimate of drug-likeness (QED) is 0.552. The summed E-state index contributed by atoms with van der Waals surface area (Å²) in [5.74, 6) is -1.42. The molecule has 0 fully saturated rings. The molecule has 0 aliphatic carbocycles. The lowest BCUT2D eigenvalue weighted by Gasteiger charge is -2.41. The van der Waals surface area contributed by atoms with Gasteiger partial charge in [0, 0.05) is 18.1 Å². The Balaban J connectivity index is 2.74. The maximum absolute atomic E-state index is 11.5. The lowest BCUT2D eigenvalue weighted by Crippen LogP contribution is -2.57. The molecule has 0 saturated carbocycles. The average Bonchev–Trinajstić information content (AvgIpc) is 2.46. The number of fused-ring (bicyclic) bond motifs is 1. The number of esters is 1. The zero-order chi connectivity index (χ0) is 17.7. The fourth-order valence-electron chi connectivity index (χ4n) is 2.80. The number of hydrogen-bond donors (Lipinski definition) is 3. The number of carbonyl (C=O) groups is 2. The first-order chi connectivity index (χ1) is 10.5. The van der Waals surface area contributed by atoms with E-state index in [9.17, 15) is 24.9 Å². The Kier molecular flexibility index (Phi) is 4.13. The normalized spacial score (nSPS) is 26.2. The van der Waals surface area contributed by atoms with Crippen LogP contribution in [-0.2, 0) is 9.59 Å². The van der Waals surface area contributed by atoms with Crippen LogP contribution in [-0.4, -0.2) is 39.0 Å². The number of aliphatic carboxylic acids is 1. The van der Waals surface area contributed by atoms with E-state index in [0.29, 0.717) is 16.7 Å². The third-order valence-electron chi connectivity index (χ3n) is 4.38. The molecule has 1 heterocycles. The molecule has 23 heavy (non-hydrogen) atoms. The maximum atomic E-state index is 11.5. The molecule has 1 aromatic rings. The average molecular weight is 324 g/mol.